The molecule has 2 heterocycles. The lowest BCUT2D eigenvalue weighted by Crippen LogP contribution is -2.06. The van der Waals surface area contributed by atoms with Crippen LogP contribution in [-0.2, 0) is 4.74 Å². The average molecular weight is 233 g/mol. The van der Waals surface area contributed by atoms with Crippen LogP contribution in [0.2, 0.25) is 0 Å². The third kappa shape index (κ3) is 2.39. The van der Waals surface area contributed by atoms with Crippen molar-refractivity contribution in [3.63, 3.8) is 0 Å². The zero-order valence-corrected chi connectivity index (χ0v) is 9.17. The number of hydrogen-bond donors (Lipinski definition) is 2. The van der Waals surface area contributed by atoms with Crippen LogP contribution in [0.1, 0.15) is 17.5 Å². The van der Waals surface area contributed by atoms with Crippen molar-refractivity contribution in [2.45, 2.75) is 6.92 Å². The highest BCUT2D eigenvalue weighted by Crippen LogP contribution is 2.14. The molecule has 17 heavy (non-hydrogen) atoms. The lowest BCUT2D eigenvalue weighted by Gasteiger charge is -1.96. The Morgan fingerprint density at radius 1 is 1.53 bits per heavy atom. The molecule has 0 aliphatic carbocycles. The van der Waals surface area contributed by atoms with E-state index in [2.05, 4.69) is 20.2 Å². The number of nitrogen functional groups attached to an aromatic ring is 1. The zero-order valence-electron chi connectivity index (χ0n) is 9.17. The number of H-pyrrole nitrogens is 1. The number of nitrogens with two attached hydrogens (primary N) is 1. The Morgan fingerprint density at radius 3 is 3.00 bits per heavy atom. The van der Waals surface area contributed by atoms with Gasteiger partial charge in [-0.25, -0.2) is 14.8 Å². The summed E-state index contributed by atoms with van der Waals surface area (Å²) in [4.78, 5) is 19.3. The number of ether oxygens (including phenoxy) is 1. The number of esters is 1. The summed E-state index contributed by atoms with van der Waals surface area (Å²) < 4.78 is 4.79. The first-order valence-corrected chi connectivity index (χ1v) is 5.02. The Bertz CT molecular complexity index is 520. The van der Waals surface area contributed by atoms with E-state index in [1.54, 1.807) is 19.1 Å². The van der Waals surface area contributed by atoms with E-state index in [1.807, 2.05) is 0 Å². The van der Waals surface area contributed by atoms with Gasteiger partial charge in [0.1, 0.15) is 5.82 Å². The molecule has 0 amide bonds. The second kappa shape index (κ2) is 4.60. The predicted molar refractivity (Wildman–Crippen MR) is 60.0 cm³/mol. The summed E-state index contributed by atoms with van der Waals surface area (Å²) in [5.41, 5.74) is 6.14. The SMILES string of the molecule is CCOC(=O)c1nc(-c2ccc(N)nc2)n[nH]1. The lowest BCUT2D eigenvalue weighted by atomic mass is 10.3. The fourth-order valence-electron chi connectivity index (χ4n) is 1.22. The van der Waals surface area contributed by atoms with E-state index in [9.17, 15) is 4.79 Å². The van der Waals surface area contributed by atoms with Gasteiger partial charge in [0.25, 0.3) is 0 Å². The average Bonchev–Trinajstić information content (AvgIpc) is 2.80. The van der Waals surface area contributed by atoms with E-state index < -0.39 is 5.97 Å². The molecule has 2 rings (SSSR count). The van der Waals surface area contributed by atoms with Crippen LogP contribution >= 0.6 is 0 Å². The smallest absolute Gasteiger partial charge is 0.375 e. The minimum Gasteiger partial charge on any atom is -0.460 e. The van der Waals surface area contributed by atoms with E-state index in [4.69, 9.17) is 10.5 Å². The van der Waals surface area contributed by atoms with E-state index in [-0.39, 0.29) is 12.4 Å². The van der Waals surface area contributed by atoms with Crippen LogP contribution < -0.4 is 5.73 Å². The zero-order chi connectivity index (χ0) is 12.3. The molecule has 0 saturated heterocycles. The molecular formula is C10H11N5O2. The van der Waals surface area contributed by atoms with E-state index >= 15 is 0 Å². The molecule has 0 saturated carbocycles. The maximum atomic E-state index is 11.4. The van der Waals surface area contributed by atoms with Gasteiger partial charge in [-0.05, 0) is 19.1 Å². The number of rotatable bonds is 3. The van der Waals surface area contributed by atoms with Gasteiger partial charge in [0, 0.05) is 11.8 Å². The molecule has 0 atom stereocenters. The molecule has 2 aromatic rings. The minimum atomic E-state index is -0.533. The van der Waals surface area contributed by atoms with Crippen molar-refractivity contribution >= 4 is 11.8 Å². The van der Waals surface area contributed by atoms with Gasteiger partial charge in [-0.1, -0.05) is 0 Å². The minimum absolute atomic E-state index is 0.0682. The number of aromatic nitrogens is 4. The molecule has 0 radical (unpaired) electrons. The molecule has 88 valence electrons. The van der Waals surface area contributed by atoms with Crippen LogP contribution in [0.15, 0.2) is 18.3 Å². The second-order valence-corrected chi connectivity index (χ2v) is 3.20. The molecule has 7 heteroatoms. The second-order valence-electron chi connectivity index (χ2n) is 3.20. The lowest BCUT2D eigenvalue weighted by molar-refractivity contribution is 0.0512. The number of carbonyl (C=O) groups is 1. The Labute approximate surface area is 97.0 Å². The van der Waals surface area contributed by atoms with Crippen molar-refractivity contribution in [2.24, 2.45) is 0 Å². The molecule has 2 aromatic heterocycles. The largest absolute Gasteiger partial charge is 0.460 e. The molecule has 0 unspecified atom stereocenters. The molecule has 0 fully saturated rings. The Morgan fingerprint density at radius 2 is 2.35 bits per heavy atom. The maximum absolute atomic E-state index is 11.4. The fourth-order valence-corrected chi connectivity index (χ4v) is 1.22. The standard InChI is InChI=1S/C10H11N5O2/c1-2-17-10(16)9-13-8(14-15-9)6-3-4-7(11)12-5-6/h3-5H,2H2,1H3,(H2,11,12)(H,13,14,15). The van der Waals surface area contributed by atoms with Crippen molar-refractivity contribution in [3.05, 3.63) is 24.2 Å². The number of anilines is 1. The van der Waals surface area contributed by atoms with Crippen LogP contribution in [0.25, 0.3) is 11.4 Å². The van der Waals surface area contributed by atoms with Crippen molar-refractivity contribution in [1.29, 1.82) is 0 Å². The number of nitrogens with zero attached hydrogens (tertiary/aromatic N) is 3. The van der Waals surface area contributed by atoms with E-state index in [0.717, 1.165) is 0 Å². The van der Waals surface area contributed by atoms with Gasteiger partial charge in [-0.2, -0.15) is 5.10 Å². The molecular weight excluding hydrogens is 222 g/mol. The first-order valence-electron chi connectivity index (χ1n) is 5.02. The third-order valence-electron chi connectivity index (χ3n) is 2.00. The number of pyridine rings is 1. The molecule has 0 aromatic carbocycles. The van der Waals surface area contributed by atoms with Crippen molar-refractivity contribution < 1.29 is 9.53 Å². The summed E-state index contributed by atoms with van der Waals surface area (Å²) in [6.45, 7) is 2.01. The normalized spacial score (nSPS) is 10.2. The molecule has 3 N–H and O–H groups in total. The molecule has 0 spiro atoms. The summed E-state index contributed by atoms with van der Waals surface area (Å²) in [5, 5.41) is 6.41. The van der Waals surface area contributed by atoms with E-state index in [1.165, 1.54) is 6.20 Å². The van der Waals surface area contributed by atoms with Crippen LogP contribution in [-0.4, -0.2) is 32.7 Å². The van der Waals surface area contributed by atoms with Crippen LogP contribution in [0.4, 0.5) is 5.82 Å². The van der Waals surface area contributed by atoms with Crippen molar-refractivity contribution in [2.75, 3.05) is 12.3 Å². The third-order valence-corrected chi connectivity index (χ3v) is 2.00. The highest BCUT2D eigenvalue weighted by Gasteiger charge is 2.13. The monoisotopic (exact) mass is 233 g/mol. The van der Waals surface area contributed by atoms with Gasteiger partial charge in [0.2, 0.25) is 5.82 Å². The highest BCUT2D eigenvalue weighted by atomic mass is 16.5. The number of nitrogens with one attached hydrogen (secondary N) is 1. The van der Waals surface area contributed by atoms with Crippen LogP contribution in [0.5, 0.6) is 0 Å². The maximum Gasteiger partial charge on any atom is 0.375 e. The van der Waals surface area contributed by atoms with Crippen LogP contribution in [0.3, 0.4) is 0 Å². The summed E-state index contributed by atoms with van der Waals surface area (Å²) >= 11 is 0. The van der Waals surface area contributed by atoms with Gasteiger partial charge in [-0.15, -0.1) is 0 Å². The quantitative estimate of drug-likeness (QED) is 0.753. The van der Waals surface area contributed by atoms with E-state index in [0.29, 0.717) is 17.2 Å². The summed E-state index contributed by atoms with van der Waals surface area (Å²) in [7, 11) is 0. The Hall–Kier alpha value is -2.44. The molecule has 7 nitrogen and oxygen atoms in total. The first kappa shape index (κ1) is 11.1. The van der Waals surface area contributed by atoms with Crippen molar-refractivity contribution in [1.82, 2.24) is 20.2 Å². The fraction of sp³-hybridized carbons (Fsp3) is 0.200. The van der Waals surface area contributed by atoms with Gasteiger partial charge in [-0.3, -0.25) is 5.10 Å². The molecule has 0 aliphatic rings. The topological polar surface area (TPSA) is 107 Å². The number of aromatic amines is 1. The van der Waals surface area contributed by atoms with Gasteiger partial charge >= 0.3 is 5.97 Å². The summed E-state index contributed by atoms with van der Waals surface area (Å²) in [5.74, 6) is 0.323. The summed E-state index contributed by atoms with van der Waals surface area (Å²) in [6, 6.07) is 3.36. The highest BCUT2D eigenvalue weighted by molar-refractivity contribution is 5.85. The molecule has 0 bridgehead atoms. The predicted octanol–water partition coefficient (Wildman–Crippen LogP) is 0.626. The van der Waals surface area contributed by atoms with Crippen molar-refractivity contribution in [3.8, 4) is 11.4 Å². The van der Waals surface area contributed by atoms with Gasteiger partial charge in [0.05, 0.1) is 6.61 Å². The Kier molecular flexibility index (Phi) is 2.99. The van der Waals surface area contributed by atoms with Gasteiger partial charge < -0.3 is 10.5 Å². The van der Waals surface area contributed by atoms with Gasteiger partial charge in [0.15, 0.2) is 5.82 Å². The first-order chi connectivity index (χ1) is 8.20. The molecule has 0 aliphatic heterocycles. The number of carbonyl (C=O) groups excluding carboxylic acids is 1. The van der Waals surface area contributed by atoms with Crippen LogP contribution in [0, 0.1) is 0 Å². The number of hydrogen-bond acceptors (Lipinski definition) is 6. The Balaban J connectivity index is 2.23. The summed E-state index contributed by atoms with van der Waals surface area (Å²) in [6.07, 6.45) is 1.54.